The number of rotatable bonds is 4. The van der Waals surface area contributed by atoms with E-state index in [1.54, 1.807) is 13.0 Å². The van der Waals surface area contributed by atoms with Crippen molar-refractivity contribution >= 4 is 47.2 Å². The number of anilines is 2. The third-order valence-electron chi connectivity index (χ3n) is 1.99. The van der Waals surface area contributed by atoms with Crippen LogP contribution in [0, 0.1) is 6.92 Å². The summed E-state index contributed by atoms with van der Waals surface area (Å²) in [6.45, 7) is 1.77. The first-order valence-corrected chi connectivity index (χ1v) is 9.24. The lowest BCUT2D eigenvalue weighted by Gasteiger charge is -2.11. The van der Waals surface area contributed by atoms with E-state index in [1.807, 2.05) is 0 Å². The molecule has 0 radical (unpaired) electrons. The Hall–Kier alpha value is -0.800. The molecular weight excluding hydrogens is 344 g/mol. The first-order valence-electron chi connectivity index (χ1n) is 4.74. The van der Waals surface area contributed by atoms with Crippen molar-refractivity contribution < 1.29 is 16.8 Å². The molecule has 0 spiro atoms. The van der Waals surface area contributed by atoms with Gasteiger partial charge >= 0.3 is 0 Å². The highest BCUT2D eigenvalue weighted by Crippen LogP contribution is 2.28. The predicted molar refractivity (Wildman–Crippen MR) is 75.5 cm³/mol. The van der Waals surface area contributed by atoms with Gasteiger partial charge in [0.25, 0.3) is 0 Å². The summed E-state index contributed by atoms with van der Waals surface area (Å²) in [6.07, 6.45) is 0.852. The van der Waals surface area contributed by atoms with Crippen LogP contribution in [0.25, 0.3) is 0 Å². The molecule has 9 heteroatoms. The summed E-state index contributed by atoms with van der Waals surface area (Å²) in [6, 6.07) is 3.08. The van der Waals surface area contributed by atoms with Gasteiger partial charge in [0.05, 0.1) is 5.69 Å². The molecule has 0 aliphatic heterocycles. The maximum Gasteiger partial charge on any atom is 0.247 e. The Morgan fingerprint density at radius 1 is 1.28 bits per heavy atom. The van der Waals surface area contributed by atoms with Gasteiger partial charge in [0.1, 0.15) is 0 Å². The van der Waals surface area contributed by atoms with E-state index < -0.39 is 24.9 Å². The minimum Gasteiger partial charge on any atom is -0.398 e. The van der Waals surface area contributed by atoms with Gasteiger partial charge in [0.2, 0.25) is 10.0 Å². The van der Waals surface area contributed by atoms with Gasteiger partial charge in [-0.25, -0.2) is 16.8 Å². The first-order chi connectivity index (χ1) is 8.00. The van der Waals surface area contributed by atoms with Crippen LogP contribution in [0.1, 0.15) is 5.56 Å². The molecule has 1 aromatic rings. The number of hydrogen-bond acceptors (Lipinski definition) is 5. The van der Waals surface area contributed by atoms with E-state index in [1.165, 1.54) is 6.07 Å². The second-order valence-corrected chi connectivity index (χ2v) is 9.03. The number of halogens is 1. The SMILES string of the molecule is Cc1cc(Br)c(NS(=O)(=O)CS(C)(=O)=O)cc1N. The van der Waals surface area contributed by atoms with Crippen LogP contribution in [-0.2, 0) is 19.9 Å². The zero-order valence-corrected chi connectivity index (χ0v) is 13.0. The summed E-state index contributed by atoms with van der Waals surface area (Å²) in [5.74, 6) is 0. The van der Waals surface area contributed by atoms with Crippen molar-refractivity contribution in [3.05, 3.63) is 22.2 Å². The van der Waals surface area contributed by atoms with E-state index in [0.29, 0.717) is 10.2 Å². The molecule has 0 saturated heterocycles. The zero-order valence-electron chi connectivity index (χ0n) is 9.77. The molecule has 1 rings (SSSR count). The van der Waals surface area contributed by atoms with Crippen LogP contribution in [0.4, 0.5) is 11.4 Å². The molecule has 0 fully saturated rings. The monoisotopic (exact) mass is 356 g/mol. The van der Waals surface area contributed by atoms with Gasteiger partial charge in [0, 0.05) is 16.4 Å². The summed E-state index contributed by atoms with van der Waals surface area (Å²) in [4.78, 5) is 0. The Labute approximate surface area is 115 Å². The Morgan fingerprint density at radius 3 is 2.33 bits per heavy atom. The predicted octanol–water partition coefficient (Wildman–Crippen LogP) is 1.08. The minimum absolute atomic E-state index is 0.210. The average molecular weight is 357 g/mol. The van der Waals surface area contributed by atoms with Gasteiger partial charge in [-0.05, 0) is 40.5 Å². The van der Waals surface area contributed by atoms with E-state index in [2.05, 4.69) is 20.7 Å². The normalized spacial score (nSPS) is 12.4. The Morgan fingerprint density at radius 2 is 1.83 bits per heavy atom. The van der Waals surface area contributed by atoms with Gasteiger partial charge in [-0.15, -0.1) is 0 Å². The maximum absolute atomic E-state index is 11.6. The van der Waals surface area contributed by atoms with Crippen LogP contribution < -0.4 is 10.5 Å². The Kier molecular flexibility index (Phi) is 4.29. The van der Waals surface area contributed by atoms with Gasteiger partial charge in [-0.3, -0.25) is 4.72 Å². The molecule has 3 N–H and O–H groups in total. The number of benzene rings is 1. The topological polar surface area (TPSA) is 106 Å². The molecule has 0 heterocycles. The standard InChI is InChI=1S/C9H13BrN2O4S2/c1-6-3-7(10)9(4-8(6)11)12-18(15,16)5-17(2,13)14/h3-4,12H,5,11H2,1-2H3. The van der Waals surface area contributed by atoms with E-state index in [4.69, 9.17) is 5.73 Å². The van der Waals surface area contributed by atoms with Gasteiger partial charge in [-0.1, -0.05) is 0 Å². The first kappa shape index (κ1) is 15.3. The summed E-state index contributed by atoms with van der Waals surface area (Å²) in [7, 11) is -7.60. The molecule has 0 amide bonds. The summed E-state index contributed by atoms with van der Waals surface area (Å²) in [5.41, 5.74) is 7.07. The molecule has 0 aliphatic rings. The van der Waals surface area contributed by atoms with Crippen molar-refractivity contribution in [2.45, 2.75) is 6.92 Å². The lowest BCUT2D eigenvalue weighted by molar-refractivity contribution is 0.595. The smallest absolute Gasteiger partial charge is 0.247 e. The number of hydrogen-bond donors (Lipinski definition) is 2. The van der Waals surface area contributed by atoms with Crippen LogP contribution in [0.3, 0.4) is 0 Å². The van der Waals surface area contributed by atoms with Crippen LogP contribution in [0.15, 0.2) is 16.6 Å². The fourth-order valence-corrected chi connectivity index (χ4v) is 4.93. The van der Waals surface area contributed by atoms with E-state index >= 15 is 0 Å². The molecule has 0 atom stereocenters. The largest absolute Gasteiger partial charge is 0.398 e. The molecule has 0 saturated carbocycles. The lowest BCUT2D eigenvalue weighted by atomic mass is 10.2. The minimum atomic E-state index is -3.97. The maximum atomic E-state index is 11.6. The third kappa shape index (κ3) is 4.46. The number of sulfone groups is 1. The summed E-state index contributed by atoms with van der Waals surface area (Å²) < 4.78 is 47.9. The highest BCUT2D eigenvalue weighted by molar-refractivity contribution is 9.10. The number of nitrogens with one attached hydrogen (secondary N) is 1. The molecule has 0 aliphatic carbocycles. The Bertz CT molecular complexity index is 668. The van der Waals surface area contributed by atoms with Gasteiger partial charge in [-0.2, -0.15) is 0 Å². The fraction of sp³-hybridized carbons (Fsp3) is 0.333. The second-order valence-electron chi connectivity index (χ2n) is 3.95. The molecular formula is C9H13BrN2O4S2. The van der Waals surface area contributed by atoms with Crippen LogP contribution in [0.5, 0.6) is 0 Å². The van der Waals surface area contributed by atoms with Crippen LogP contribution in [-0.4, -0.2) is 28.2 Å². The van der Waals surface area contributed by atoms with Crippen LogP contribution >= 0.6 is 15.9 Å². The van der Waals surface area contributed by atoms with Gasteiger partial charge < -0.3 is 5.73 Å². The van der Waals surface area contributed by atoms with Crippen molar-refractivity contribution in [2.75, 3.05) is 21.8 Å². The summed E-state index contributed by atoms with van der Waals surface area (Å²) in [5, 5.41) is -0.972. The number of sulfonamides is 1. The van der Waals surface area contributed by atoms with Crippen molar-refractivity contribution in [1.29, 1.82) is 0 Å². The molecule has 0 unspecified atom stereocenters. The number of nitrogens with two attached hydrogens (primary N) is 1. The van der Waals surface area contributed by atoms with Crippen LogP contribution in [0.2, 0.25) is 0 Å². The highest BCUT2D eigenvalue weighted by Gasteiger charge is 2.19. The van der Waals surface area contributed by atoms with E-state index in [0.717, 1.165) is 11.8 Å². The summed E-state index contributed by atoms with van der Waals surface area (Å²) >= 11 is 3.18. The molecule has 102 valence electrons. The Balaban J connectivity index is 3.09. The van der Waals surface area contributed by atoms with Gasteiger partial charge in [0.15, 0.2) is 14.9 Å². The lowest BCUT2D eigenvalue weighted by Crippen LogP contribution is -2.22. The highest BCUT2D eigenvalue weighted by atomic mass is 79.9. The molecule has 1 aromatic carbocycles. The van der Waals surface area contributed by atoms with Crippen molar-refractivity contribution in [1.82, 2.24) is 0 Å². The molecule has 0 aromatic heterocycles. The van der Waals surface area contributed by atoms with Crippen molar-refractivity contribution in [3.63, 3.8) is 0 Å². The van der Waals surface area contributed by atoms with E-state index in [9.17, 15) is 16.8 Å². The third-order valence-corrected chi connectivity index (χ3v) is 6.13. The van der Waals surface area contributed by atoms with Crippen molar-refractivity contribution in [2.24, 2.45) is 0 Å². The zero-order chi connectivity index (χ0) is 14.1. The number of nitrogen functional groups attached to an aromatic ring is 1. The second kappa shape index (κ2) is 5.06. The quantitative estimate of drug-likeness (QED) is 0.785. The van der Waals surface area contributed by atoms with E-state index in [-0.39, 0.29) is 5.69 Å². The molecule has 0 bridgehead atoms. The van der Waals surface area contributed by atoms with Crippen molar-refractivity contribution in [3.8, 4) is 0 Å². The molecule has 18 heavy (non-hydrogen) atoms. The fourth-order valence-electron chi connectivity index (χ4n) is 1.25. The number of aryl methyl sites for hydroxylation is 1. The average Bonchev–Trinajstić information content (AvgIpc) is 2.09. The molecule has 6 nitrogen and oxygen atoms in total.